The van der Waals surface area contributed by atoms with Gasteiger partial charge in [-0.15, -0.1) is 0 Å². The molecule has 6 heteroatoms. The van der Waals surface area contributed by atoms with E-state index >= 15 is 0 Å². The monoisotopic (exact) mass is 1030 g/mol. The number of unbranched alkanes of at least 4 members (excludes halogenated alkanes) is 46. The number of hydrogen-bond acceptors (Lipinski definition) is 6. The molecule has 0 radical (unpaired) electrons. The fourth-order valence-corrected chi connectivity index (χ4v) is 10.0. The van der Waals surface area contributed by atoms with Crippen molar-refractivity contribution in [1.29, 1.82) is 0 Å². The molecule has 0 spiro atoms. The van der Waals surface area contributed by atoms with Crippen LogP contribution in [0.15, 0.2) is 24.3 Å². The maximum atomic E-state index is 12.9. The van der Waals surface area contributed by atoms with Crippen molar-refractivity contribution >= 4 is 17.9 Å². The number of carbonyl (C=O) groups excluding carboxylic acids is 3. The topological polar surface area (TPSA) is 78.9 Å². The summed E-state index contributed by atoms with van der Waals surface area (Å²) in [5, 5.41) is 0. The summed E-state index contributed by atoms with van der Waals surface area (Å²) in [4.78, 5) is 38.3. The Labute approximate surface area is 455 Å². The Kier molecular flexibility index (Phi) is 60.6. The number of ether oxygens (including phenoxy) is 3. The average molecular weight is 1030 g/mol. The van der Waals surface area contributed by atoms with E-state index in [2.05, 4.69) is 45.1 Å². The molecule has 0 aromatic carbocycles. The molecule has 0 saturated heterocycles. The van der Waals surface area contributed by atoms with E-state index in [1.54, 1.807) is 0 Å². The van der Waals surface area contributed by atoms with Crippen molar-refractivity contribution in [3.8, 4) is 0 Å². The van der Waals surface area contributed by atoms with Gasteiger partial charge in [0.25, 0.3) is 0 Å². The minimum Gasteiger partial charge on any atom is -0.462 e. The van der Waals surface area contributed by atoms with Crippen LogP contribution in [0.4, 0.5) is 0 Å². The molecule has 0 aliphatic carbocycles. The van der Waals surface area contributed by atoms with Crippen molar-refractivity contribution < 1.29 is 28.6 Å². The van der Waals surface area contributed by atoms with E-state index in [-0.39, 0.29) is 31.1 Å². The first-order valence-corrected chi connectivity index (χ1v) is 32.8. The van der Waals surface area contributed by atoms with Crippen LogP contribution in [0.5, 0.6) is 0 Å². The maximum Gasteiger partial charge on any atom is 0.306 e. The van der Waals surface area contributed by atoms with Gasteiger partial charge in [0.15, 0.2) is 6.10 Å². The van der Waals surface area contributed by atoms with Crippen molar-refractivity contribution in [2.75, 3.05) is 13.2 Å². The highest BCUT2D eigenvalue weighted by Gasteiger charge is 2.19. The molecular weight excluding hydrogens is 901 g/mol. The molecule has 0 aromatic heterocycles. The Balaban J connectivity index is 4.30. The summed E-state index contributed by atoms with van der Waals surface area (Å²) >= 11 is 0. The predicted molar refractivity (Wildman–Crippen MR) is 316 cm³/mol. The van der Waals surface area contributed by atoms with Crippen molar-refractivity contribution in [2.45, 2.75) is 374 Å². The molecule has 430 valence electrons. The van der Waals surface area contributed by atoms with Crippen molar-refractivity contribution in [3.05, 3.63) is 24.3 Å². The van der Waals surface area contributed by atoms with E-state index in [9.17, 15) is 14.4 Å². The summed E-state index contributed by atoms with van der Waals surface area (Å²) < 4.78 is 17.0. The van der Waals surface area contributed by atoms with E-state index in [1.807, 2.05) is 0 Å². The Bertz CT molecular complexity index is 1180. The highest BCUT2D eigenvalue weighted by atomic mass is 16.6. The molecule has 73 heavy (non-hydrogen) atoms. The SMILES string of the molecule is CCCCCC/C=C\C/C=C\CCCCCCCC(=O)OCC(COC(=O)CCCCCCCCCCCCCCCCCCCCCCC)OC(=O)CCCCCCCCCCCCCCCCCCCC. The molecular formula is C67H126O6. The average Bonchev–Trinajstić information content (AvgIpc) is 3.39. The summed E-state index contributed by atoms with van der Waals surface area (Å²) in [7, 11) is 0. The number of hydrogen-bond donors (Lipinski definition) is 0. The van der Waals surface area contributed by atoms with Crippen LogP contribution in [0.1, 0.15) is 367 Å². The van der Waals surface area contributed by atoms with E-state index in [4.69, 9.17) is 14.2 Å². The van der Waals surface area contributed by atoms with Crippen LogP contribution in [0.25, 0.3) is 0 Å². The van der Waals surface area contributed by atoms with Gasteiger partial charge in [-0.1, -0.05) is 321 Å². The lowest BCUT2D eigenvalue weighted by atomic mass is 10.0. The Morgan fingerprint density at radius 3 is 0.767 bits per heavy atom. The van der Waals surface area contributed by atoms with Crippen molar-refractivity contribution in [3.63, 3.8) is 0 Å². The van der Waals surface area contributed by atoms with Crippen LogP contribution in [-0.4, -0.2) is 37.2 Å². The van der Waals surface area contributed by atoms with E-state index in [0.717, 1.165) is 77.0 Å². The zero-order chi connectivity index (χ0) is 52.9. The lowest BCUT2D eigenvalue weighted by Crippen LogP contribution is -2.30. The lowest BCUT2D eigenvalue weighted by molar-refractivity contribution is -0.167. The second-order valence-electron chi connectivity index (χ2n) is 22.4. The number of esters is 3. The molecule has 0 rings (SSSR count). The van der Waals surface area contributed by atoms with Gasteiger partial charge in [0.1, 0.15) is 13.2 Å². The van der Waals surface area contributed by atoms with Crippen LogP contribution >= 0.6 is 0 Å². The minimum absolute atomic E-state index is 0.0694. The van der Waals surface area contributed by atoms with Gasteiger partial charge in [-0.3, -0.25) is 14.4 Å². The number of carbonyl (C=O) groups is 3. The quantitative estimate of drug-likeness (QED) is 0.0261. The first-order valence-electron chi connectivity index (χ1n) is 32.8. The van der Waals surface area contributed by atoms with Crippen molar-refractivity contribution in [1.82, 2.24) is 0 Å². The Morgan fingerprint density at radius 2 is 0.493 bits per heavy atom. The minimum atomic E-state index is -0.773. The molecule has 1 atom stereocenters. The normalized spacial score (nSPS) is 12.1. The molecule has 0 aromatic rings. The lowest BCUT2D eigenvalue weighted by Gasteiger charge is -2.18. The number of allylic oxidation sites excluding steroid dienone is 4. The fraction of sp³-hybridized carbons (Fsp3) is 0.896. The van der Waals surface area contributed by atoms with Crippen LogP contribution in [0.3, 0.4) is 0 Å². The third-order valence-corrected chi connectivity index (χ3v) is 15.0. The largest absolute Gasteiger partial charge is 0.462 e. The summed E-state index contributed by atoms with van der Waals surface area (Å²) in [6.45, 7) is 6.69. The Hall–Kier alpha value is -2.11. The highest BCUT2D eigenvalue weighted by molar-refractivity contribution is 5.71. The van der Waals surface area contributed by atoms with Crippen LogP contribution in [-0.2, 0) is 28.6 Å². The van der Waals surface area contributed by atoms with Crippen LogP contribution in [0, 0.1) is 0 Å². The molecule has 6 nitrogen and oxygen atoms in total. The summed E-state index contributed by atoms with van der Waals surface area (Å²) in [5.41, 5.74) is 0. The first-order chi connectivity index (χ1) is 36.0. The molecule has 0 aliphatic rings. The van der Waals surface area contributed by atoms with Gasteiger partial charge >= 0.3 is 17.9 Å². The second kappa shape index (κ2) is 62.4. The second-order valence-corrected chi connectivity index (χ2v) is 22.4. The van der Waals surface area contributed by atoms with Crippen LogP contribution < -0.4 is 0 Å². The summed E-state index contributed by atoms with van der Waals surface area (Å²) in [5.74, 6) is -0.854. The van der Waals surface area contributed by atoms with Gasteiger partial charge in [0, 0.05) is 19.3 Å². The van der Waals surface area contributed by atoms with Gasteiger partial charge in [0.05, 0.1) is 0 Å². The third-order valence-electron chi connectivity index (χ3n) is 15.0. The zero-order valence-electron chi connectivity index (χ0n) is 49.4. The highest BCUT2D eigenvalue weighted by Crippen LogP contribution is 2.18. The summed E-state index contributed by atoms with van der Waals surface area (Å²) in [6.07, 6.45) is 74.7. The zero-order valence-corrected chi connectivity index (χ0v) is 49.4. The molecule has 0 amide bonds. The number of rotatable bonds is 61. The smallest absolute Gasteiger partial charge is 0.306 e. The fourth-order valence-electron chi connectivity index (χ4n) is 10.0. The van der Waals surface area contributed by atoms with Gasteiger partial charge in [-0.05, 0) is 51.4 Å². The molecule has 0 saturated carbocycles. The van der Waals surface area contributed by atoms with E-state index in [0.29, 0.717) is 19.3 Å². The molecule has 1 unspecified atom stereocenters. The molecule has 0 bridgehead atoms. The van der Waals surface area contributed by atoms with Gasteiger partial charge < -0.3 is 14.2 Å². The van der Waals surface area contributed by atoms with Gasteiger partial charge in [0.2, 0.25) is 0 Å². The maximum absolute atomic E-state index is 12.9. The molecule has 0 aliphatic heterocycles. The van der Waals surface area contributed by atoms with Gasteiger partial charge in [-0.2, -0.15) is 0 Å². The predicted octanol–water partition coefficient (Wildman–Crippen LogP) is 22.2. The molecule has 0 heterocycles. The van der Waals surface area contributed by atoms with Gasteiger partial charge in [-0.25, -0.2) is 0 Å². The third kappa shape index (κ3) is 60.6. The van der Waals surface area contributed by atoms with Crippen LogP contribution in [0.2, 0.25) is 0 Å². The Morgan fingerprint density at radius 1 is 0.274 bits per heavy atom. The standard InChI is InChI=1S/C67H126O6/c1-4-7-10-13-16-19-22-25-28-31-33-34-35-37-39-42-45-48-51-54-57-60-66(69)72-63-64(62-71-65(68)59-56-53-50-47-44-41-38-30-27-24-21-18-15-12-9-6-3)73-67(70)61-58-55-52-49-46-43-40-36-32-29-26-23-20-17-14-11-8-5-2/h21,24,30,38,64H,4-20,22-23,25-29,31-37,39-63H2,1-3H3/b24-21-,38-30-. The molecule has 0 N–H and O–H groups in total. The summed E-state index contributed by atoms with van der Waals surface area (Å²) in [6, 6.07) is 0. The van der Waals surface area contributed by atoms with E-state index < -0.39 is 6.10 Å². The molecule has 0 fully saturated rings. The van der Waals surface area contributed by atoms with E-state index in [1.165, 1.54) is 250 Å². The van der Waals surface area contributed by atoms with Crippen molar-refractivity contribution in [2.24, 2.45) is 0 Å². The first kappa shape index (κ1) is 70.9.